The number of hydrogen-bond acceptors (Lipinski definition) is 4. The van der Waals surface area contributed by atoms with Gasteiger partial charge in [-0.3, -0.25) is 4.98 Å². The highest BCUT2D eigenvalue weighted by molar-refractivity contribution is 5.55. The standard InChI is InChI=1S/C12H20N2O2/c1-8(2)11(15)6-14-10-5-9(3)13-7-12(10)16-4/h5,7-8,11,15H,6H2,1-4H3,(H,13,14). The van der Waals surface area contributed by atoms with E-state index in [1.807, 2.05) is 26.8 Å². The Morgan fingerprint density at radius 3 is 2.75 bits per heavy atom. The molecular weight excluding hydrogens is 204 g/mol. The molecule has 1 aromatic rings. The van der Waals surface area contributed by atoms with Gasteiger partial charge in [0, 0.05) is 12.2 Å². The van der Waals surface area contributed by atoms with Crippen LogP contribution in [0.2, 0.25) is 0 Å². The lowest BCUT2D eigenvalue weighted by molar-refractivity contribution is 0.138. The van der Waals surface area contributed by atoms with E-state index in [-0.39, 0.29) is 12.0 Å². The van der Waals surface area contributed by atoms with Crippen molar-refractivity contribution in [3.05, 3.63) is 18.0 Å². The summed E-state index contributed by atoms with van der Waals surface area (Å²) in [4.78, 5) is 4.15. The zero-order valence-corrected chi connectivity index (χ0v) is 10.3. The van der Waals surface area contributed by atoms with Gasteiger partial charge < -0.3 is 15.2 Å². The number of nitrogens with one attached hydrogen (secondary N) is 1. The fourth-order valence-electron chi connectivity index (χ4n) is 1.30. The van der Waals surface area contributed by atoms with Gasteiger partial charge in [0.15, 0.2) is 5.75 Å². The van der Waals surface area contributed by atoms with E-state index in [4.69, 9.17) is 4.74 Å². The van der Waals surface area contributed by atoms with Gasteiger partial charge in [-0.1, -0.05) is 13.8 Å². The molecule has 1 unspecified atom stereocenters. The second-order valence-corrected chi connectivity index (χ2v) is 4.22. The smallest absolute Gasteiger partial charge is 0.160 e. The van der Waals surface area contributed by atoms with Crippen LogP contribution < -0.4 is 10.1 Å². The fourth-order valence-corrected chi connectivity index (χ4v) is 1.30. The normalized spacial score (nSPS) is 12.6. The third kappa shape index (κ3) is 3.38. The molecule has 2 N–H and O–H groups in total. The minimum absolute atomic E-state index is 0.237. The summed E-state index contributed by atoms with van der Waals surface area (Å²) < 4.78 is 5.19. The molecular formula is C12H20N2O2. The Morgan fingerprint density at radius 2 is 2.19 bits per heavy atom. The van der Waals surface area contributed by atoms with Crippen molar-refractivity contribution >= 4 is 5.69 Å². The lowest BCUT2D eigenvalue weighted by Crippen LogP contribution is -2.24. The maximum atomic E-state index is 9.70. The van der Waals surface area contributed by atoms with Gasteiger partial charge in [0.25, 0.3) is 0 Å². The topological polar surface area (TPSA) is 54.4 Å². The van der Waals surface area contributed by atoms with Gasteiger partial charge in [0.1, 0.15) is 0 Å². The predicted molar refractivity (Wildman–Crippen MR) is 64.9 cm³/mol. The number of anilines is 1. The first-order valence-corrected chi connectivity index (χ1v) is 5.47. The molecule has 1 heterocycles. The Bertz CT molecular complexity index is 340. The number of aliphatic hydroxyl groups is 1. The predicted octanol–water partition coefficient (Wildman–Crippen LogP) is 1.83. The minimum Gasteiger partial charge on any atom is -0.493 e. The molecule has 16 heavy (non-hydrogen) atoms. The van der Waals surface area contributed by atoms with E-state index in [9.17, 15) is 5.11 Å². The molecule has 0 amide bonds. The van der Waals surface area contributed by atoms with Crippen LogP contribution in [0.5, 0.6) is 5.75 Å². The van der Waals surface area contributed by atoms with Crippen molar-refractivity contribution < 1.29 is 9.84 Å². The summed E-state index contributed by atoms with van der Waals surface area (Å²) in [5.74, 6) is 0.933. The van der Waals surface area contributed by atoms with Gasteiger partial charge in [-0.25, -0.2) is 0 Å². The quantitative estimate of drug-likeness (QED) is 0.801. The largest absolute Gasteiger partial charge is 0.493 e. The Kier molecular flexibility index (Phi) is 4.55. The first kappa shape index (κ1) is 12.8. The molecule has 0 aliphatic rings. The van der Waals surface area contributed by atoms with Crippen LogP contribution in [0.3, 0.4) is 0 Å². The number of pyridine rings is 1. The third-order valence-corrected chi connectivity index (χ3v) is 2.50. The third-order valence-electron chi connectivity index (χ3n) is 2.50. The molecule has 90 valence electrons. The van der Waals surface area contributed by atoms with Gasteiger partial charge >= 0.3 is 0 Å². The number of methoxy groups -OCH3 is 1. The number of hydrogen-bond donors (Lipinski definition) is 2. The molecule has 4 nitrogen and oxygen atoms in total. The van der Waals surface area contributed by atoms with E-state index in [1.54, 1.807) is 13.3 Å². The SMILES string of the molecule is COc1cnc(C)cc1NCC(O)C(C)C. The minimum atomic E-state index is -0.363. The first-order chi connectivity index (χ1) is 7.54. The van der Waals surface area contributed by atoms with Crippen LogP contribution in [0.15, 0.2) is 12.3 Å². The second-order valence-electron chi connectivity index (χ2n) is 4.22. The Hall–Kier alpha value is -1.29. The number of rotatable bonds is 5. The number of nitrogens with zero attached hydrogens (tertiary/aromatic N) is 1. The van der Waals surface area contributed by atoms with Crippen LogP contribution >= 0.6 is 0 Å². The lowest BCUT2D eigenvalue weighted by atomic mass is 10.1. The molecule has 0 saturated carbocycles. The van der Waals surface area contributed by atoms with Gasteiger partial charge in [-0.15, -0.1) is 0 Å². The summed E-state index contributed by atoms with van der Waals surface area (Å²) in [6.07, 6.45) is 1.32. The number of aromatic nitrogens is 1. The highest BCUT2D eigenvalue weighted by atomic mass is 16.5. The van der Waals surface area contributed by atoms with Crippen LogP contribution in [-0.4, -0.2) is 29.8 Å². The van der Waals surface area contributed by atoms with Crippen molar-refractivity contribution in [2.45, 2.75) is 26.9 Å². The van der Waals surface area contributed by atoms with E-state index < -0.39 is 0 Å². The summed E-state index contributed by atoms with van der Waals surface area (Å²) >= 11 is 0. The average Bonchev–Trinajstić information content (AvgIpc) is 2.25. The van der Waals surface area contributed by atoms with Crippen LogP contribution in [0.1, 0.15) is 19.5 Å². The van der Waals surface area contributed by atoms with Crippen molar-refractivity contribution in [3.63, 3.8) is 0 Å². The molecule has 0 aliphatic heterocycles. The monoisotopic (exact) mass is 224 g/mol. The van der Waals surface area contributed by atoms with Crippen LogP contribution in [0, 0.1) is 12.8 Å². The maximum absolute atomic E-state index is 9.70. The number of ether oxygens (including phenoxy) is 1. The molecule has 0 aromatic carbocycles. The molecule has 1 atom stereocenters. The molecule has 4 heteroatoms. The van der Waals surface area contributed by atoms with Crippen molar-refractivity contribution in [2.24, 2.45) is 5.92 Å². The molecule has 0 spiro atoms. The van der Waals surface area contributed by atoms with E-state index in [1.165, 1.54) is 0 Å². The molecule has 1 aromatic heterocycles. The molecule has 0 fully saturated rings. The van der Waals surface area contributed by atoms with Crippen molar-refractivity contribution in [2.75, 3.05) is 19.0 Å². The molecule has 0 radical (unpaired) electrons. The summed E-state index contributed by atoms with van der Waals surface area (Å²) in [6, 6.07) is 1.91. The molecule has 0 bridgehead atoms. The van der Waals surface area contributed by atoms with Crippen LogP contribution in [-0.2, 0) is 0 Å². The summed E-state index contributed by atoms with van der Waals surface area (Å²) in [5, 5.41) is 12.9. The Balaban J connectivity index is 2.68. The first-order valence-electron chi connectivity index (χ1n) is 5.47. The maximum Gasteiger partial charge on any atom is 0.160 e. The fraction of sp³-hybridized carbons (Fsp3) is 0.583. The highest BCUT2D eigenvalue weighted by Gasteiger charge is 2.10. The number of aliphatic hydroxyl groups excluding tert-OH is 1. The van der Waals surface area contributed by atoms with Crippen molar-refractivity contribution in [1.82, 2.24) is 4.98 Å². The lowest BCUT2D eigenvalue weighted by Gasteiger charge is -2.17. The van der Waals surface area contributed by atoms with E-state index >= 15 is 0 Å². The summed E-state index contributed by atoms with van der Waals surface area (Å²) in [6.45, 7) is 6.41. The van der Waals surface area contributed by atoms with E-state index in [0.717, 1.165) is 11.4 Å². The zero-order chi connectivity index (χ0) is 12.1. The van der Waals surface area contributed by atoms with Gasteiger partial charge in [-0.2, -0.15) is 0 Å². The molecule has 0 aliphatic carbocycles. The van der Waals surface area contributed by atoms with E-state index in [0.29, 0.717) is 12.3 Å². The van der Waals surface area contributed by atoms with Gasteiger partial charge in [0.2, 0.25) is 0 Å². The second kappa shape index (κ2) is 5.70. The van der Waals surface area contributed by atoms with Crippen LogP contribution in [0.4, 0.5) is 5.69 Å². The van der Waals surface area contributed by atoms with Crippen LogP contribution in [0.25, 0.3) is 0 Å². The van der Waals surface area contributed by atoms with Crippen molar-refractivity contribution in [1.29, 1.82) is 0 Å². The average molecular weight is 224 g/mol. The molecule has 0 saturated heterocycles. The Morgan fingerprint density at radius 1 is 1.50 bits per heavy atom. The van der Waals surface area contributed by atoms with Crippen molar-refractivity contribution in [3.8, 4) is 5.75 Å². The summed E-state index contributed by atoms with van der Waals surface area (Å²) in [7, 11) is 1.61. The summed E-state index contributed by atoms with van der Waals surface area (Å²) in [5.41, 5.74) is 1.79. The van der Waals surface area contributed by atoms with Gasteiger partial charge in [0.05, 0.1) is 25.1 Å². The molecule has 1 rings (SSSR count). The highest BCUT2D eigenvalue weighted by Crippen LogP contribution is 2.23. The van der Waals surface area contributed by atoms with Gasteiger partial charge in [-0.05, 0) is 18.9 Å². The Labute approximate surface area is 96.7 Å². The zero-order valence-electron chi connectivity index (χ0n) is 10.3. The van der Waals surface area contributed by atoms with E-state index in [2.05, 4.69) is 10.3 Å². The number of aryl methyl sites for hydroxylation is 1.